The SMILES string of the molecule is C=C(c1cccc(OC)c1)c1ccc2c(c1)Nc1ccccc1S2. The summed E-state index contributed by atoms with van der Waals surface area (Å²) < 4.78 is 5.31. The third-order valence-electron chi connectivity index (χ3n) is 4.12. The van der Waals surface area contributed by atoms with Gasteiger partial charge in [0.2, 0.25) is 0 Å². The Morgan fingerprint density at radius 1 is 0.875 bits per heavy atom. The summed E-state index contributed by atoms with van der Waals surface area (Å²) in [7, 11) is 1.68. The molecule has 0 atom stereocenters. The molecule has 1 aliphatic heterocycles. The third-order valence-corrected chi connectivity index (χ3v) is 5.27. The van der Waals surface area contributed by atoms with E-state index in [9.17, 15) is 0 Å². The second-order valence-electron chi connectivity index (χ2n) is 5.64. The average Bonchev–Trinajstić information content (AvgIpc) is 2.65. The lowest BCUT2D eigenvalue weighted by molar-refractivity contribution is 0.414. The number of anilines is 2. The molecule has 0 aromatic heterocycles. The first-order valence-electron chi connectivity index (χ1n) is 7.76. The topological polar surface area (TPSA) is 21.3 Å². The maximum atomic E-state index is 5.31. The molecule has 0 saturated heterocycles. The Labute approximate surface area is 146 Å². The molecule has 0 spiro atoms. The lowest BCUT2D eigenvalue weighted by atomic mass is 9.99. The van der Waals surface area contributed by atoms with Gasteiger partial charge in [-0.3, -0.25) is 0 Å². The Bertz CT molecular complexity index is 933. The zero-order valence-corrected chi connectivity index (χ0v) is 14.2. The molecule has 0 saturated carbocycles. The summed E-state index contributed by atoms with van der Waals surface area (Å²) in [5.41, 5.74) is 5.44. The molecule has 118 valence electrons. The third kappa shape index (κ3) is 2.68. The standard InChI is InChI=1S/C21H17NOS/c1-14(15-6-5-7-17(12-15)23-2)16-10-11-21-19(13-16)22-18-8-3-4-9-20(18)24-21/h3-13,22H,1H2,2H3. The fraction of sp³-hybridized carbons (Fsp3) is 0.0476. The maximum Gasteiger partial charge on any atom is 0.119 e. The Kier molecular flexibility index (Phi) is 3.79. The van der Waals surface area contributed by atoms with Gasteiger partial charge in [0.25, 0.3) is 0 Å². The quantitative estimate of drug-likeness (QED) is 0.500. The van der Waals surface area contributed by atoms with Gasteiger partial charge in [-0.2, -0.15) is 0 Å². The molecule has 0 unspecified atom stereocenters. The van der Waals surface area contributed by atoms with Gasteiger partial charge in [-0.25, -0.2) is 0 Å². The summed E-state index contributed by atoms with van der Waals surface area (Å²) in [4.78, 5) is 2.49. The van der Waals surface area contributed by atoms with Crippen LogP contribution >= 0.6 is 11.8 Å². The number of ether oxygens (including phenoxy) is 1. The van der Waals surface area contributed by atoms with Crippen LogP contribution in [0.15, 0.2) is 83.1 Å². The first-order valence-corrected chi connectivity index (χ1v) is 8.58. The lowest BCUT2D eigenvalue weighted by Crippen LogP contribution is -2.00. The minimum atomic E-state index is 0.842. The van der Waals surface area contributed by atoms with Crippen molar-refractivity contribution >= 4 is 28.7 Å². The highest BCUT2D eigenvalue weighted by Crippen LogP contribution is 2.44. The van der Waals surface area contributed by atoms with E-state index in [4.69, 9.17) is 4.74 Å². The first-order chi connectivity index (χ1) is 11.7. The molecule has 24 heavy (non-hydrogen) atoms. The van der Waals surface area contributed by atoms with Crippen LogP contribution < -0.4 is 10.1 Å². The smallest absolute Gasteiger partial charge is 0.119 e. The molecule has 3 heteroatoms. The zero-order chi connectivity index (χ0) is 16.5. The second-order valence-corrected chi connectivity index (χ2v) is 6.73. The number of para-hydroxylation sites is 1. The summed E-state index contributed by atoms with van der Waals surface area (Å²) in [6.45, 7) is 4.27. The highest BCUT2D eigenvalue weighted by atomic mass is 32.2. The van der Waals surface area contributed by atoms with Gasteiger partial charge in [0.15, 0.2) is 0 Å². The fourth-order valence-corrected chi connectivity index (χ4v) is 3.77. The summed E-state index contributed by atoms with van der Waals surface area (Å²) in [6.07, 6.45) is 0. The highest BCUT2D eigenvalue weighted by molar-refractivity contribution is 7.99. The normalized spacial score (nSPS) is 11.9. The summed E-state index contributed by atoms with van der Waals surface area (Å²) in [6, 6.07) is 22.8. The zero-order valence-electron chi connectivity index (χ0n) is 13.4. The Balaban J connectivity index is 1.68. The summed E-state index contributed by atoms with van der Waals surface area (Å²) >= 11 is 1.79. The van der Waals surface area contributed by atoms with Crippen LogP contribution in [0, 0.1) is 0 Å². The van der Waals surface area contributed by atoms with Crippen LogP contribution in [-0.2, 0) is 0 Å². The molecule has 2 nitrogen and oxygen atoms in total. The number of methoxy groups -OCH3 is 1. The van der Waals surface area contributed by atoms with E-state index < -0.39 is 0 Å². The van der Waals surface area contributed by atoms with Crippen LogP contribution in [-0.4, -0.2) is 7.11 Å². The Morgan fingerprint density at radius 2 is 1.67 bits per heavy atom. The van der Waals surface area contributed by atoms with E-state index >= 15 is 0 Å². The van der Waals surface area contributed by atoms with Gasteiger partial charge in [-0.1, -0.05) is 48.7 Å². The lowest BCUT2D eigenvalue weighted by Gasteiger charge is -2.21. The molecule has 0 bridgehead atoms. The van der Waals surface area contributed by atoms with Gasteiger partial charge in [0.05, 0.1) is 18.5 Å². The van der Waals surface area contributed by atoms with Crippen molar-refractivity contribution in [2.45, 2.75) is 9.79 Å². The van der Waals surface area contributed by atoms with E-state index in [1.54, 1.807) is 18.9 Å². The molecule has 0 fully saturated rings. The molecule has 1 aliphatic rings. The van der Waals surface area contributed by atoms with Crippen LogP contribution in [0.5, 0.6) is 5.75 Å². The van der Waals surface area contributed by atoms with Crippen molar-refractivity contribution in [3.63, 3.8) is 0 Å². The van der Waals surface area contributed by atoms with Crippen LogP contribution in [0.1, 0.15) is 11.1 Å². The molecule has 3 aromatic rings. The van der Waals surface area contributed by atoms with Crippen LogP contribution in [0.4, 0.5) is 11.4 Å². The average molecular weight is 331 g/mol. The number of fused-ring (bicyclic) bond motifs is 2. The highest BCUT2D eigenvalue weighted by Gasteiger charge is 2.16. The number of nitrogens with one attached hydrogen (secondary N) is 1. The van der Waals surface area contributed by atoms with E-state index in [2.05, 4.69) is 60.4 Å². The number of hydrogen-bond donors (Lipinski definition) is 1. The molecular formula is C21H17NOS. The number of rotatable bonds is 3. The van der Waals surface area contributed by atoms with Crippen molar-refractivity contribution in [2.75, 3.05) is 12.4 Å². The summed E-state index contributed by atoms with van der Waals surface area (Å²) in [5.74, 6) is 0.842. The van der Waals surface area contributed by atoms with Crippen molar-refractivity contribution in [3.05, 3.63) is 84.4 Å². The van der Waals surface area contributed by atoms with Gasteiger partial charge in [0.1, 0.15) is 5.75 Å². The Hall–Kier alpha value is -2.65. The van der Waals surface area contributed by atoms with E-state index in [1.165, 1.54) is 9.79 Å². The molecule has 0 radical (unpaired) electrons. The van der Waals surface area contributed by atoms with Crippen molar-refractivity contribution in [2.24, 2.45) is 0 Å². The van der Waals surface area contributed by atoms with E-state index in [0.29, 0.717) is 0 Å². The minimum Gasteiger partial charge on any atom is -0.497 e. The monoisotopic (exact) mass is 331 g/mol. The van der Waals surface area contributed by atoms with E-state index in [0.717, 1.165) is 33.8 Å². The first kappa shape index (κ1) is 14.9. The molecule has 4 rings (SSSR count). The van der Waals surface area contributed by atoms with Crippen molar-refractivity contribution in [1.29, 1.82) is 0 Å². The molecule has 0 aliphatic carbocycles. The van der Waals surface area contributed by atoms with Gasteiger partial charge >= 0.3 is 0 Å². The summed E-state index contributed by atoms with van der Waals surface area (Å²) in [5, 5.41) is 3.52. The number of benzene rings is 3. The predicted molar refractivity (Wildman–Crippen MR) is 101 cm³/mol. The molecular weight excluding hydrogens is 314 g/mol. The second kappa shape index (κ2) is 6.10. The minimum absolute atomic E-state index is 0.842. The van der Waals surface area contributed by atoms with Gasteiger partial charge in [0, 0.05) is 9.79 Å². The van der Waals surface area contributed by atoms with Crippen LogP contribution in [0.25, 0.3) is 5.57 Å². The van der Waals surface area contributed by atoms with E-state index in [1.807, 2.05) is 18.2 Å². The van der Waals surface area contributed by atoms with Crippen molar-refractivity contribution in [1.82, 2.24) is 0 Å². The van der Waals surface area contributed by atoms with E-state index in [-0.39, 0.29) is 0 Å². The van der Waals surface area contributed by atoms with Gasteiger partial charge in [-0.05, 0) is 53.1 Å². The van der Waals surface area contributed by atoms with Gasteiger partial charge in [-0.15, -0.1) is 0 Å². The molecule has 1 heterocycles. The Morgan fingerprint density at radius 3 is 2.54 bits per heavy atom. The van der Waals surface area contributed by atoms with Gasteiger partial charge < -0.3 is 10.1 Å². The maximum absolute atomic E-state index is 5.31. The van der Waals surface area contributed by atoms with Crippen LogP contribution in [0.3, 0.4) is 0 Å². The van der Waals surface area contributed by atoms with Crippen LogP contribution in [0.2, 0.25) is 0 Å². The fourth-order valence-electron chi connectivity index (χ4n) is 2.80. The number of hydrogen-bond acceptors (Lipinski definition) is 3. The molecule has 1 N–H and O–H groups in total. The predicted octanol–water partition coefficient (Wildman–Crippen LogP) is 5.96. The molecule has 0 amide bonds. The largest absolute Gasteiger partial charge is 0.497 e. The van der Waals surface area contributed by atoms with Crippen molar-refractivity contribution in [3.8, 4) is 5.75 Å². The van der Waals surface area contributed by atoms with Crippen molar-refractivity contribution < 1.29 is 4.74 Å². The molecule has 3 aromatic carbocycles.